The molecule has 398 valence electrons. The van der Waals surface area contributed by atoms with Crippen molar-refractivity contribution in [2.75, 3.05) is 0 Å². The third-order valence-corrected chi connectivity index (χ3v) is 15.1. The van der Waals surface area contributed by atoms with E-state index in [1.807, 2.05) is 0 Å². The molecular formula is C77H84O. The summed E-state index contributed by atoms with van der Waals surface area (Å²) < 4.78 is 0. The molecule has 0 saturated heterocycles. The molecule has 0 aliphatic heterocycles. The van der Waals surface area contributed by atoms with Gasteiger partial charge >= 0.3 is 0 Å². The van der Waals surface area contributed by atoms with E-state index >= 15 is 0 Å². The van der Waals surface area contributed by atoms with Gasteiger partial charge in [0.25, 0.3) is 0 Å². The Hall–Kier alpha value is -7.35. The van der Waals surface area contributed by atoms with Crippen LogP contribution in [0.25, 0.3) is 72.9 Å². The van der Waals surface area contributed by atoms with E-state index in [1.165, 1.54) is 44.5 Å². The highest BCUT2D eigenvalue weighted by molar-refractivity contribution is 5.85. The zero-order valence-electron chi connectivity index (χ0n) is 48.9. The van der Waals surface area contributed by atoms with Gasteiger partial charge in [-0.1, -0.05) is 278 Å². The first-order valence-corrected chi connectivity index (χ1v) is 28.5. The number of benzene rings is 7. The highest BCUT2D eigenvalue weighted by atomic mass is 16.1. The molecule has 78 heavy (non-hydrogen) atoms. The van der Waals surface area contributed by atoms with Crippen molar-refractivity contribution in [2.45, 2.75) is 137 Å². The largest absolute Gasteiger partial charge is 0.299 e. The predicted octanol–water partition coefficient (Wildman–Crippen LogP) is 21.2. The zero-order valence-corrected chi connectivity index (χ0v) is 48.9. The first-order valence-electron chi connectivity index (χ1n) is 28.5. The second-order valence-electron chi connectivity index (χ2n) is 26.0. The van der Waals surface area contributed by atoms with Crippen LogP contribution in [0.3, 0.4) is 0 Å². The van der Waals surface area contributed by atoms with E-state index in [0.717, 1.165) is 75.8 Å². The summed E-state index contributed by atoms with van der Waals surface area (Å²) in [5.41, 5.74) is 20.3. The van der Waals surface area contributed by atoms with Gasteiger partial charge in [-0.3, -0.25) is 4.79 Å². The monoisotopic (exact) mass is 1020 g/mol. The topological polar surface area (TPSA) is 17.1 Å². The molecule has 0 unspecified atom stereocenters. The van der Waals surface area contributed by atoms with Crippen molar-refractivity contribution in [1.82, 2.24) is 0 Å². The lowest BCUT2D eigenvalue weighted by atomic mass is 9.86. The summed E-state index contributed by atoms with van der Waals surface area (Å²) in [6, 6.07) is 55.9. The van der Waals surface area contributed by atoms with Crippen LogP contribution in [-0.4, -0.2) is 5.78 Å². The van der Waals surface area contributed by atoms with Crippen molar-refractivity contribution >= 4 is 78.7 Å². The lowest BCUT2D eigenvalue weighted by Gasteiger charge is -2.18. The zero-order chi connectivity index (χ0) is 55.7. The molecule has 1 saturated carbocycles. The Morgan fingerprint density at radius 2 is 0.500 bits per heavy atom. The van der Waals surface area contributed by atoms with Gasteiger partial charge < -0.3 is 0 Å². The van der Waals surface area contributed by atoms with Gasteiger partial charge in [0.05, 0.1) is 0 Å². The van der Waals surface area contributed by atoms with Crippen molar-refractivity contribution < 1.29 is 4.79 Å². The molecule has 8 rings (SSSR count). The minimum atomic E-state index is 0.103. The lowest BCUT2D eigenvalue weighted by Crippen LogP contribution is -2.13. The van der Waals surface area contributed by atoms with Crippen molar-refractivity contribution in [3.63, 3.8) is 0 Å². The molecule has 7 aromatic rings. The third-order valence-electron chi connectivity index (χ3n) is 15.1. The molecule has 0 aromatic heterocycles. The highest BCUT2D eigenvalue weighted by Crippen LogP contribution is 2.30. The van der Waals surface area contributed by atoms with Crippen molar-refractivity contribution in [2.24, 2.45) is 5.92 Å². The summed E-state index contributed by atoms with van der Waals surface area (Å²) in [5, 5.41) is 0. The van der Waals surface area contributed by atoms with E-state index in [9.17, 15) is 4.79 Å². The average Bonchev–Trinajstić information content (AvgIpc) is 3.96. The van der Waals surface area contributed by atoms with Crippen LogP contribution in [0.5, 0.6) is 0 Å². The Morgan fingerprint density at radius 1 is 0.308 bits per heavy atom. The minimum Gasteiger partial charge on any atom is -0.299 e. The lowest BCUT2D eigenvalue weighted by molar-refractivity contribution is -0.122. The predicted molar refractivity (Wildman–Crippen MR) is 344 cm³/mol. The quantitative estimate of drug-likeness (QED) is 0.0936. The average molecular weight is 1030 g/mol. The Bertz CT molecular complexity index is 2960. The van der Waals surface area contributed by atoms with E-state index in [0.29, 0.717) is 12.2 Å². The van der Waals surface area contributed by atoms with Gasteiger partial charge in [-0.25, -0.2) is 0 Å². The van der Waals surface area contributed by atoms with Gasteiger partial charge in [-0.15, -0.1) is 0 Å². The van der Waals surface area contributed by atoms with Crippen LogP contribution in [-0.2, 0) is 32.9 Å². The molecule has 0 radical (unpaired) electrons. The van der Waals surface area contributed by atoms with E-state index in [2.05, 4.69) is 308 Å². The van der Waals surface area contributed by atoms with Crippen LogP contribution < -0.4 is 0 Å². The minimum absolute atomic E-state index is 0.103. The Morgan fingerprint density at radius 3 is 0.705 bits per heavy atom. The molecule has 0 N–H and O–H groups in total. The van der Waals surface area contributed by atoms with Crippen LogP contribution in [0.2, 0.25) is 0 Å². The SMILES string of the molecule is CC(C)(C)c1ccc(/C=C/c2cc(/C=C/c3ccc(C(C)(C)C)cc3)cc(/C=C/c3cc(/C=C/c4cc(/C=C/c5ccc(C(C)(C)C)cc5)cc(/C=C/c5ccc(C(C)(C)C)cc5)c4)cc(CC(=O)C4CCCC4)c3)c2)cc1. The van der Waals surface area contributed by atoms with Crippen LogP contribution in [0.1, 0.15) is 203 Å². The number of carbonyl (C=O) groups excluding carboxylic acids is 1. The molecule has 0 spiro atoms. The normalized spacial score (nSPS) is 14.2. The maximum atomic E-state index is 13.8. The van der Waals surface area contributed by atoms with Crippen LogP contribution in [0.4, 0.5) is 0 Å². The van der Waals surface area contributed by atoms with Gasteiger partial charge in [0.1, 0.15) is 5.78 Å². The van der Waals surface area contributed by atoms with Crippen molar-refractivity contribution in [3.05, 3.63) is 246 Å². The Labute approximate surface area is 470 Å². The molecule has 0 heterocycles. The molecule has 0 atom stereocenters. The van der Waals surface area contributed by atoms with Gasteiger partial charge in [-0.2, -0.15) is 0 Å². The summed E-state index contributed by atoms with van der Waals surface area (Å²) in [4.78, 5) is 13.8. The van der Waals surface area contributed by atoms with Crippen molar-refractivity contribution in [1.29, 1.82) is 0 Å². The Kier molecular flexibility index (Phi) is 17.9. The third kappa shape index (κ3) is 16.6. The van der Waals surface area contributed by atoms with Gasteiger partial charge in [0.2, 0.25) is 0 Å². The van der Waals surface area contributed by atoms with Gasteiger partial charge in [0, 0.05) is 12.3 Å². The van der Waals surface area contributed by atoms with Crippen molar-refractivity contribution in [3.8, 4) is 0 Å². The molecule has 1 nitrogen and oxygen atoms in total. The fourth-order valence-electron chi connectivity index (χ4n) is 10.1. The number of ketones is 1. The van der Waals surface area contributed by atoms with E-state index in [1.54, 1.807) is 0 Å². The summed E-state index contributed by atoms with van der Waals surface area (Å²) in [6.07, 6.45) is 31.3. The first kappa shape index (κ1) is 56.8. The summed E-state index contributed by atoms with van der Waals surface area (Å²) in [6.45, 7) is 27.1. The molecule has 1 aliphatic carbocycles. The number of hydrogen-bond acceptors (Lipinski definition) is 1. The number of Topliss-reactive ketones (excluding diaryl/α,β-unsaturated/α-hetero) is 1. The molecule has 1 heteroatoms. The Balaban J connectivity index is 1.13. The molecule has 1 fully saturated rings. The molecule has 0 bridgehead atoms. The van der Waals surface area contributed by atoms with E-state index in [-0.39, 0.29) is 27.6 Å². The number of rotatable bonds is 15. The standard InChI is InChI=1S/C77H84O/c1-74(2,3)69-37-29-55(30-38-69)17-21-59-45-60(22-18-56-31-39-70(40-32-56)75(4,5)6)48-63(47-59)25-27-65-51-66(53-67(52-65)54-73(78)68-15-13-14-16-68)28-26-64-49-61(23-19-57-33-41-71(42-34-57)76(7,8)9)46-62(50-64)24-20-58-35-43-72(44-36-58)77(10,11)12/h17-53,68H,13-16,54H2,1-12H3/b21-17+,22-18+,23-19+,24-20+,27-25+,28-26+. The van der Waals surface area contributed by atoms with Gasteiger partial charge in [-0.05, 0) is 172 Å². The second-order valence-corrected chi connectivity index (χ2v) is 26.0. The van der Waals surface area contributed by atoms with Crippen LogP contribution in [0, 0.1) is 5.92 Å². The first-order chi connectivity index (χ1) is 37.0. The summed E-state index contributed by atoms with van der Waals surface area (Å²) >= 11 is 0. The van der Waals surface area contributed by atoms with Crippen LogP contribution >= 0.6 is 0 Å². The fraction of sp³-hybridized carbons (Fsp3) is 0.286. The van der Waals surface area contributed by atoms with E-state index < -0.39 is 0 Å². The van der Waals surface area contributed by atoms with E-state index in [4.69, 9.17) is 0 Å². The maximum Gasteiger partial charge on any atom is 0.140 e. The second kappa shape index (κ2) is 24.5. The number of carbonyl (C=O) groups is 1. The molecule has 7 aromatic carbocycles. The molecule has 1 aliphatic rings. The maximum absolute atomic E-state index is 13.8. The van der Waals surface area contributed by atoms with Gasteiger partial charge in [0.15, 0.2) is 0 Å². The smallest absolute Gasteiger partial charge is 0.140 e. The molecular weight excluding hydrogens is 941 g/mol. The van der Waals surface area contributed by atoms with Crippen LogP contribution in [0.15, 0.2) is 152 Å². The fourth-order valence-corrected chi connectivity index (χ4v) is 10.1. The number of hydrogen-bond donors (Lipinski definition) is 0. The molecule has 0 amide bonds. The summed E-state index contributed by atoms with van der Waals surface area (Å²) in [7, 11) is 0. The highest BCUT2D eigenvalue weighted by Gasteiger charge is 2.23. The summed E-state index contributed by atoms with van der Waals surface area (Å²) in [5.74, 6) is 0.519.